The first-order valence-corrected chi connectivity index (χ1v) is 25.0. The molecule has 4 aliphatic rings. The topological polar surface area (TPSA) is 219 Å². The standard InChI is InChI=1S/C52H79N5O12/c1-31-16-12-11-13-17-32(2)43(65-8)28-39-21-19-37(7)52(64,69-39)49(61)50(62)56-23-15-14-18-41(56)51(63)68-44(34(4)26-38-20-22-40(45(27-38)66-9)57-30-53-54-55-57)29-42(58)33(3)25-36(6)47(60)48(67-10)46(59)35(5)24-31/h11-13,16-17,25,30-31,33-35,37-41,43-45,47-48,60,64H,14-15,18-24,26-29H2,1-10H3/b13-11+,16-12+,32-17+,36-25+/t31-,33-,34-,35?,37-,38?,39+,40+,41+,43+,44+,45-,47-,48?,52-/m1/s1. The molecule has 4 heterocycles. The molecule has 1 amide bonds. The zero-order valence-electron chi connectivity index (χ0n) is 42.5. The highest BCUT2D eigenvalue weighted by Crippen LogP contribution is 2.39. The van der Waals surface area contributed by atoms with Gasteiger partial charge in [-0.3, -0.25) is 19.2 Å². The third-order valence-corrected chi connectivity index (χ3v) is 15.2. The lowest BCUT2D eigenvalue weighted by molar-refractivity contribution is -0.265. The number of aliphatic hydroxyl groups excluding tert-OH is 1. The number of ether oxygens (including phenoxy) is 5. The number of aromatic nitrogens is 4. The van der Waals surface area contributed by atoms with Gasteiger partial charge in [-0.1, -0.05) is 71.1 Å². The van der Waals surface area contributed by atoms with Gasteiger partial charge in [0.25, 0.3) is 11.7 Å². The predicted molar refractivity (Wildman–Crippen MR) is 256 cm³/mol. The van der Waals surface area contributed by atoms with Crippen molar-refractivity contribution in [2.24, 2.45) is 35.5 Å². The maximum absolute atomic E-state index is 14.5. The van der Waals surface area contributed by atoms with E-state index < -0.39 is 77.8 Å². The number of rotatable bonds is 7. The van der Waals surface area contributed by atoms with Crippen LogP contribution in [-0.4, -0.2) is 141 Å². The quantitative estimate of drug-likeness (QED) is 0.181. The molecular formula is C52H79N5O12. The molecule has 17 nitrogen and oxygen atoms in total. The van der Waals surface area contributed by atoms with Crippen LogP contribution in [0.2, 0.25) is 0 Å². The van der Waals surface area contributed by atoms with Gasteiger partial charge in [0.05, 0.1) is 24.4 Å². The number of carbonyl (C=O) groups excluding carboxylic acids is 5. The van der Waals surface area contributed by atoms with Gasteiger partial charge in [0.15, 0.2) is 5.78 Å². The van der Waals surface area contributed by atoms with Gasteiger partial charge in [-0.15, -0.1) is 5.10 Å². The van der Waals surface area contributed by atoms with Crippen LogP contribution in [0.5, 0.6) is 0 Å². The van der Waals surface area contributed by atoms with Crippen LogP contribution in [-0.2, 0) is 47.7 Å². The molecule has 0 spiro atoms. The van der Waals surface area contributed by atoms with E-state index in [1.54, 1.807) is 52.1 Å². The second-order valence-corrected chi connectivity index (χ2v) is 20.4. The first-order valence-electron chi connectivity index (χ1n) is 25.0. The van der Waals surface area contributed by atoms with Crippen molar-refractivity contribution < 1.29 is 57.9 Å². The Labute approximate surface area is 408 Å². The first kappa shape index (κ1) is 55.7. The molecular weight excluding hydrogens is 887 g/mol. The number of aliphatic hydroxyl groups is 2. The van der Waals surface area contributed by atoms with Crippen molar-refractivity contribution in [3.05, 3.63) is 53.9 Å². The van der Waals surface area contributed by atoms with Crippen LogP contribution in [0.3, 0.4) is 0 Å². The third-order valence-electron chi connectivity index (χ3n) is 15.2. The number of esters is 1. The number of Topliss-reactive ketones (excluding diaryl/α,β-unsaturated/α-hetero) is 3. The number of methoxy groups -OCH3 is 3. The van der Waals surface area contributed by atoms with E-state index in [9.17, 15) is 34.2 Å². The van der Waals surface area contributed by atoms with Crippen molar-refractivity contribution in [2.45, 2.75) is 180 Å². The van der Waals surface area contributed by atoms with Gasteiger partial charge in [0, 0.05) is 58.5 Å². The molecule has 17 heteroatoms. The number of amides is 1. The van der Waals surface area contributed by atoms with Crippen LogP contribution in [0.25, 0.3) is 0 Å². The van der Waals surface area contributed by atoms with Crippen LogP contribution in [0.15, 0.2) is 53.9 Å². The third kappa shape index (κ3) is 14.2. The van der Waals surface area contributed by atoms with E-state index >= 15 is 0 Å². The summed E-state index contributed by atoms with van der Waals surface area (Å²) in [5.41, 5.74) is 1.27. The number of fused-ring (bicyclic) bond motifs is 3. The fourth-order valence-electron chi connectivity index (χ4n) is 10.7. The number of piperidine rings is 1. The highest BCUT2D eigenvalue weighted by atomic mass is 16.6. The van der Waals surface area contributed by atoms with Gasteiger partial charge in [-0.2, -0.15) is 0 Å². The molecule has 1 aliphatic carbocycles. The number of ketones is 3. The van der Waals surface area contributed by atoms with Gasteiger partial charge in [-0.25, -0.2) is 9.48 Å². The van der Waals surface area contributed by atoms with E-state index in [4.69, 9.17) is 23.7 Å². The molecule has 0 aromatic carbocycles. The fraction of sp³-hybridized carbons (Fsp3) is 0.731. The molecule has 0 radical (unpaired) electrons. The minimum absolute atomic E-state index is 0.0170. The lowest BCUT2D eigenvalue weighted by atomic mass is 9.77. The maximum Gasteiger partial charge on any atom is 0.329 e. The summed E-state index contributed by atoms with van der Waals surface area (Å²) in [6, 6.07) is -1.19. The summed E-state index contributed by atoms with van der Waals surface area (Å²) in [5.74, 6) is -7.92. The molecule has 1 saturated carbocycles. The molecule has 15 atom stereocenters. The smallest absolute Gasteiger partial charge is 0.329 e. The van der Waals surface area contributed by atoms with Crippen LogP contribution in [0.4, 0.5) is 0 Å². The second-order valence-electron chi connectivity index (χ2n) is 20.4. The number of allylic oxidation sites excluding steroid dienone is 6. The van der Waals surface area contributed by atoms with E-state index in [0.717, 1.165) is 18.4 Å². The zero-order chi connectivity index (χ0) is 50.6. The van der Waals surface area contributed by atoms with Crippen LogP contribution in [0, 0.1) is 35.5 Å². The summed E-state index contributed by atoms with van der Waals surface area (Å²) in [5, 5.41) is 35.2. The van der Waals surface area contributed by atoms with Gasteiger partial charge in [0.1, 0.15) is 36.5 Å². The summed E-state index contributed by atoms with van der Waals surface area (Å²) in [6.07, 6.45) is 13.9. The number of tetrazole rings is 1. The van der Waals surface area contributed by atoms with Gasteiger partial charge >= 0.3 is 5.97 Å². The van der Waals surface area contributed by atoms with E-state index in [-0.39, 0.29) is 60.9 Å². The zero-order valence-corrected chi connectivity index (χ0v) is 42.5. The Hall–Kier alpha value is -4.26. The van der Waals surface area contributed by atoms with E-state index in [1.807, 2.05) is 58.1 Å². The fourth-order valence-corrected chi connectivity index (χ4v) is 10.7. The van der Waals surface area contributed by atoms with Gasteiger partial charge in [-0.05, 0) is 117 Å². The molecule has 2 bridgehead atoms. The minimum atomic E-state index is -2.43. The van der Waals surface area contributed by atoms with Crippen molar-refractivity contribution in [3.63, 3.8) is 0 Å². The van der Waals surface area contributed by atoms with Crippen LogP contribution >= 0.6 is 0 Å². The minimum Gasteiger partial charge on any atom is -0.460 e. The lowest BCUT2D eigenvalue weighted by Crippen LogP contribution is -2.61. The molecule has 1 aromatic rings. The first-order chi connectivity index (χ1) is 32.8. The number of cyclic esters (lactones) is 1. The molecule has 3 unspecified atom stereocenters. The Morgan fingerprint density at radius 1 is 0.884 bits per heavy atom. The second kappa shape index (κ2) is 25.7. The highest BCUT2D eigenvalue weighted by molar-refractivity contribution is 6.39. The van der Waals surface area contributed by atoms with E-state index in [0.29, 0.717) is 56.9 Å². The number of hydrogen-bond acceptors (Lipinski definition) is 15. The van der Waals surface area contributed by atoms with Crippen molar-refractivity contribution >= 4 is 29.2 Å². The van der Waals surface area contributed by atoms with Crippen LogP contribution < -0.4 is 0 Å². The molecule has 69 heavy (non-hydrogen) atoms. The summed E-state index contributed by atoms with van der Waals surface area (Å²) in [6.45, 7) is 12.8. The summed E-state index contributed by atoms with van der Waals surface area (Å²) >= 11 is 0. The van der Waals surface area contributed by atoms with Crippen molar-refractivity contribution in [3.8, 4) is 0 Å². The summed E-state index contributed by atoms with van der Waals surface area (Å²) < 4.78 is 31.6. The highest BCUT2D eigenvalue weighted by Gasteiger charge is 2.53. The van der Waals surface area contributed by atoms with Gasteiger partial charge in [0.2, 0.25) is 5.79 Å². The summed E-state index contributed by atoms with van der Waals surface area (Å²) in [4.78, 5) is 72.3. The number of carbonyl (C=O) groups is 5. The van der Waals surface area contributed by atoms with Crippen molar-refractivity contribution in [1.29, 1.82) is 0 Å². The SMILES string of the molecule is COC1C(=O)C(C)C[C@H](C)/C=C/C=C/C=C(\C)[C@@H](OC)C[C@@H]2CC[C@@H](C)[C@@](O)(O2)C(=O)C(=O)N2CCCC[C@H]2C(=O)O[C@H]([C@H](C)CC2CC[C@H](n3cnnn3)[C@H](OC)C2)CC(=O)[C@H](C)/C=C(\C)[C@H]1O. The number of nitrogens with zero attached hydrogens (tertiary/aromatic N) is 5. The van der Waals surface area contributed by atoms with E-state index in [2.05, 4.69) is 15.5 Å². The molecule has 5 rings (SSSR count). The Morgan fingerprint density at radius 3 is 2.32 bits per heavy atom. The molecule has 3 aliphatic heterocycles. The number of hydrogen-bond donors (Lipinski definition) is 2. The maximum atomic E-state index is 14.5. The lowest BCUT2D eigenvalue weighted by Gasteiger charge is -2.42. The molecule has 3 fully saturated rings. The van der Waals surface area contributed by atoms with E-state index in [1.165, 1.54) is 12.0 Å². The molecule has 1 aromatic heterocycles. The Kier molecular flexibility index (Phi) is 20.8. The average molecular weight is 966 g/mol. The molecule has 384 valence electrons. The Bertz CT molecular complexity index is 2020. The summed E-state index contributed by atoms with van der Waals surface area (Å²) in [7, 11) is 4.62. The molecule has 2 N–H and O–H groups in total. The Balaban J connectivity index is 1.46. The monoisotopic (exact) mass is 966 g/mol. The normalized spacial score (nSPS) is 38.8. The van der Waals surface area contributed by atoms with Gasteiger partial charge < -0.3 is 38.8 Å². The van der Waals surface area contributed by atoms with Crippen molar-refractivity contribution in [1.82, 2.24) is 25.1 Å². The average Bonchev–Trinajstić information content (AvgIpc) is 3.88. The Morgan fingerprint density at radius 2 is 1.64 bits per heavy atom. The molecule has 2 saturated heterocycles. The largest absolute Gasteiger partial charge is 0.460 e. The predicted octanol–water partition coefficient (Wildman–Crippen LogP) is 6.05. The van der Waals surface area contributed by atoms with Crippen LogP contribution in [0.1, 0.15) is 132 Å². The van der Waals surface area contributed by atoms with Crippen molar-refractivity contribution in [2.75, 3.05) is 27.9 Å².